The lowest BCUT2D eigenvalue weighted by Gasteiger charge is -2.40. The van der Waals surface area contributed by atoms with Crippen LogP contribution in [0.2, 0.25) is 0 Å². The lowest BCUT2D eigenvalue weighted by atomic mass is 9.82. The normalized spacial score (nSPS) is 37.3. The molecule has 0 amide bonds. The Morgan fingerprint density at radius 2 is 2.29 bits per heavy atom. The molecule has 1 N–H and O–H groups in total. The lowest BCUT2D eigenvalue weighted by molar-refractivity contribution is 0.176. The average molecular weight is 215 g/mol. The van der Waals surface area contributed by atoms with Gasteiger partial charge in [-0.3, -0.25) is 0 Å². The monoisotopic (exact) mass is 215 g/mol. The van der Waals surface area contributed by atoms with Crippen LogP contribution in [0, 0.1) is 5.41 Å². The SMILES string of the molecule is CC1(C)CCSCC1NC1CCOC1. The van der Waals surface area contributed by atoms with Crippen molar-refractivity contribution in [3.63, 3.8) is 0 Å². The minimum absolute atomic E-state index is 0.466. The molecule has 2 atom stereocenters. The van der Waals surface area contributed by atoms with Crippen LogP contribution in [0.25, 0.3) is 0 Å². The van der Waals surface area contributed by atoms with E-state index >= 15 is 0 Å². The molecule has 0 aromatic heterocycles. The minimum atomic E-state index is 0.466. The fraction of sp³-hybridized carbons (Fsp3) is 1.00. The summed E-state index contributed by atoms with van der Waals surface area (Å²) in [6.45, 7) is 6.63. The molecule has 2 aliphatic rings. The van der Waals surface area contributed by atoms with Crippen LogP contribution in [-0.2, 0) is 4.74 Å². The molecule has 14 heavy (non-hydrogen) atoms. The molecular formula is C11H21NOS. The van der Waals surface area contributed by atoms with Gasteiger partial charge in [-0.05, 0) is 24.0 Å². The van der Waals surface area contributed by atoms with Crippen LogP contribution in [0.5, 0.6) is 0 Å². The third-order valence-electron chi connectivity index (χ3n) is 3.49. The molecule has 0 spiro atoms. The maximum atomic E-state index is 5.40. The van der Waals surface area contributed by atoms with Crippen molar-refractivity contribution in [1.82, 2.24) is 5.32 Å². The van der Waals surface area contributed by atoms with Crippen molar-refractivity contribution in [3.05, 3.63) is 0 Å². The highest BCUT2D eigenvalue weighted by Crippen LogP contribution is 2.34. The molecule has 0 radical (unpaired) electrons. The molecule has 2 nitrogen and oxygen atoms in total. The van der Waals surface area contributed by atoms with Crippen LogP contribution in [0.15, 0.2) is 0 Å². The Balaban J connectivity index is 1.88. The Morgan fingerprint density at radius 3 is 2.93 bits per heavy atom. The van der Waals surface area contributed by atoms with Gasteiger partial charge in [0.05, 0.1) is 6.61 Å². The van der Waals surface area contributed by atoms with E-state index in [-0.39, 0.29) is 0 Å². The topological polar surface area (TPSA) is 21.3 Å². The number of hydrogen-bond donors (Lipinski definition) is 1. The quantitative estimate of drug-likeness (QED) is 0.760. The van der Waals surface area contributed by atoms with Crippen molar-refractivity contribution in [1.29, 1.82) is 0 Å². The number of thioether (sulfide) groups is 1. The summed E-state index contributed by atoms with van der Waals surface area (Å²) in [7, 11) is 0. The first-order valence-electron chi connectivity index (χ1n) is 5.60. The number of nitrogens with one attached hydrogen (secondary N) is 1. The van der Waals surface area contributed by atoms with Gasteiger partial charge in [0.25, 0.3) is 0 Å². The summed E-state index contributed by atoms with van der Waals surface area (Å²) < 4.78 is 5.40. The molecule has 82 valence electrons. The van der Waals surface area contributed by atoms with Gasteiger partial charge in [0, 0.05) is 24.4 Å². The number of rotatable bonds is 2. The summed E-state index contributed by atoms with van der Waals surface area (Å²) in [6.07, 6.45) is 2.53. The maximum Gasteiger partial charge on any atom is 0.0620 e. The third kappa shape index (κ3) is 2.44. The van der Waals surface area contributed by atoms with E-state index in [1.165, 1.54) is 24.3 Å². The standard InChI is InChI=1S/C11H21NOS/c1-11(2)4-6-14-8-10(11)12-9-3-5-13-7-9/h9-10,12H,3-8H2,1-2H3. The van der Waals surface area contributed by atoms with Gasteiger partial charge in [0.1, 0.15) is 0 Å². The van der Waals surface area contributed by atoms with Gasteiger partial charge in [-0.25, -0.2) is 0 Å². The van der Waals surface area contributed by atoms with Crippen LogP contribution in [0.4, 0.5) is 0 Å². The maximum absolute atomic E-state index is 5.40. The second kappa shape index (κ2) is 4.42. The molecule has 0 bridgehead atoms. The molecule has 2 unspecified atom stereocenters. The van der Waals surface area contributed by atoms with Gasteiger partial charge in [0.2, 0.25) is 0 Å². The molecule has 0 saturated carbocycles. The van der Waals surface area contributed by atoms with E-state index in [4.69, 9.17) is 4.74 Å². The first kappa shape index (κ1) is 10.8. The predicted octanol–water partition coefficient (Wildman–Crippen LogP) is 1.90. The van der Waals surface area contributed by atoms with Gasteiger partial charge in [-0.1, -0.05) is 13.8 Å². The van der Waals surface area contributed by atoms with Crippen molar-refractivity contribution in [2.75, 3.05) is 24.7 Å². The first-order valence-corrected chi connectivity index (χ1v) is 6.75. The van der Waals surface area contributed by atoms with Crippen molar-refractivity contribution in [2.24, 2.45) is 5.41 Å². The summed E-state index contributed by atoms with van der Waals surface area (Å²) in [5.74, 6) is 2.59. The zero-order chi connectivity index (χ0) is 10.0. The Labute approximate surface area is 91.2 Å². The van der Waals surface area contributed by atoms with Crippen molar-refractivity contribution < 1.29 is 4.74 Å². The zero-order valence-corrected chi connectivity index (χ0v) is 10.0. The van der Waals surface area contributed by atoms with E-state index in [0.29, 0.717) is 17.5 Å². The van der Waals surface area contributed by atoms with Crippen LogP contribution in [-0.4, -0.2) is 36.8 Å². The highest BCUT2D eigenvalue weighted by molar-refractivity contribution is 7.99. The zero-order valence-electron chi connectivity index (χ0n) is 9.21. The molecule has 2 fully saturated rings. The highest BCUT2D eigenvalue weighted by Gasteiger charge is 2.34. The predicted molar refractivity (Wildman–Crippen MR) is 61.9 cm³/mol. The molecular weight excluding hydrogens is 194 g/mol. The first-order chi connectivity index (χ1) is 6.68. The Hall–Kier alpha value is 0.270. The summed E-state index contributed by atoms with van der Waals surface area (Å²) in [5, 5.41) is 3.76. The lowest BCUT2D eigenvalue weighted by Crippen LogP contribution is -2.50. The second-order valence-electron chi connectivity index (χ2n) is 5.09. The molecule has 2 heterocycles. The molecule has 2 saturated heterocycles. The van der Waals surface area contributed by atoms with Crippen molar-refractivity contribution in [3.8, 4) is 0 Å². The van der Waals surface area contributed by atoms with Gasteiger partial charge in [0.15, 0.2) is 0 Å². The van der Waals surface area contributed by atoms with E-state index in [1.807, 2.05) is 0 Å². The number of hydrogen-bond acceptors (Lipinski definition) is 3. The van der Waals surface area contributed by atoms with E-state index in [0.717, 1.165) is 13.2 Å². The molecule has 0 aliphatic carbocycles. The molecule has 0 aromatic rings. The van der Waals surface area contributed by atoms with Crippen LogP contribution in [0.1, 0.15) is 26.7 Å². The third-order valence-corrected chi connectivity index (χ3v) is 4.55. The Bertz CT molecular complexity index is 190. The summed E-state index contributed by atoms with van der Waals surface area (Å²) in [6, 6.07) is 1.28. The average Bonchev–Trinajstić information content (AvgIpc) is 2.61. The Morgan fingerprint density at radius 1 is 1.43 bits per heavy atom. The van der Waals surface area contributed by atoms with Crippen molar-refractivity contribution >= 4 is 11.8 Å². The molecule has 0 aromatic carbocycles. The van der Waals surface area contributed by atoms with Crippen molar-refractivity contribution in [2.45, 2.75) is 38.8 Å². The summed E-state index contributed by atoms with van der Waals surface area (Å²) in [4.78, 5) is 0. The van der Waals surface area contributed by atoms with E-state index in [9.17, 15) is 0 Å². The summed E-state index contributed by atoms with van der Waals surface area (Å²) in [5.41, 5.74) is 0.466. The molecule has 2 rings (SSSR count). The second-order valence-corrected chi connectivity index (χ2v) is 6.24. The Kier molecular flexibility index (Phi) is 3.40. The van der Waals surface area contributed by atoms with Gasteiger partial charge in [-0.2, -0.15) is 11.8 Å². The highest BCUT2D eigenvalue weighted by atomic mass is 32.2. The number of ether oxygens (including phenoxy) is 1. The minimum Gasteiger partial charge on any atom is -0.380 e. The van der Waals surface area contributed by atoms with Gasteiger partial charge < -0.3 is 10.1 Å². The van der Waals surface area contributed by atoms with Crippen LogP contribution in [0.3, 0.4) is 0 Å². The largest absolute Gasteiger partial charge is 0.380 e. The molecule has 2 aliphatic heterocycles. The van der Waals surface area contributed by atoms with Crippen LogP contribution < -0.4 is 5.32 Å². The van der Waals surface area contributed by atoms with Gasteiger partial charge >= 0.3 is 0 Å². The molecule has 3 heteroatoms. The summed E-state index contributed by atoms with van der Waals surface area (Å²) >= 11 is 2.09. The fourth-order valence-electron chi connectivity index (χ4n) is 2.16. The van der Waals surface area contributed by atoms with Crippen LogP contribution >= 0.6 is 11.8 Å². The smallest absolute Gasteiger partial charge is 0.0620 e. The van der Waals surface area contributed by atoms with E-state index < -0.39 is 0 Å². The van der Waals surface area contributed by atoms with E-state index in [1.54, 1.807) is 0 Å². The van der Waals surface area contributed by atoms with E-state index in [2.05, 4.69) is 30.9 Å². The van der Waals surface area contributed by atoms with Gasteiger partial charge in [-0.15, -0.1) is 0 Å². The fourth-order valence-corrected chi connectivity index (χ4v) is 3.78.